The van der Waals surface area contributed by atoms with E-state index in [1.165, 1.54) is 6.08 Å². The van der Waals surface area contributed by atoms with Crippen LogP contribution in [0.5, 0.6) is 11.5 Å². The van der Waals surface area contributed by atoms with Crippen LogP contribution < -0.4 is 14.8 Å². The highest BCUT2D eigenvalue weighted by Crippen LogP contribution is 2.30. The Kier molecular flexibility index (Phi) is 9.69. The summed E-state index contributed by atoms with van der Waals surface area (Å²) in [6.07, 6.45) is 3.11. The van der Waals surface area contributed by atoms with Gasteiger partial charge in [0.05, 0.1) is 17.2 Å². The molecule has 7 heteroatoms. The van der Waals surface area contributed by atoms with Gasteiger partial charge in [0.15, 0.2) is 11.5 Å². The van der Waals surface area contributed by atoms with E-state index in [0.717, 1.165) is 12.1 Å². The van der Waals surface area contributed by atoms with Crippen molar-refractivity contribution in [1.29, 1.82) is 0 Å². The number of hydrogen-bond donors (Lipinski definition) is 1. The van der Waals surface area contributed by atoms with Gasteiger partial charge in [-0.15, -0.1) is 0 Å². The largest absolute Gasteiger partial charge is 0.493 e. The van der Waals surface area contributed by atoms with Gasteiger partial charge < -0.3 is 14.8 Å². The first-order valence-electron chi connectivity index (χ1n) is 10.2. The van der Waals surface area contributed by atoms with Gasteiger partial charge in [0.2, 0.25) is 5.91 Å². The molecular formula is C24H30Cl2N2O3. The smallest absolute Gasteiger partial charge is 0.248 e. The predicted molar refractivity (Wildman–Crippen MR) is 130 cm³/mol. The van der Waals surface area contributed by atoms with E-state index in [2.05, 4.69) is 37.9 Å². The van der Waals surface area contributed by atoms with Crippen molar-refractivity contribution in [2.24, 2.45) is 0 Å². The number of rotatable bonds is 10. The second kappa shape index (κ2) is 12.0. The molecule has 2 rings (SSSR count). The van der Waals surface area contributed by atoms with Gasteiger partial charge in [0.1, 0.15) is 6.61 Å². The highest BCUT2D eigenvalue weighted by molar-refractivity contribution is 6.42. The fourth-order valence-electron chi connectivity index (χ4n) is 3.21. The van der Waals surface area contributed by atoms with Crippen LogP contribution in [-0.4, -0.2) is 43.2 Å². The van der Waals surface area contributed by atoms with E-state index in [-0.39, 0.29) is 5.91 Å². The Labute approximate surface area is 194 Å². The van der Waals surface area contributed by atoms with Gasteiger partial charge in [-0.3, -0.25) is 9.69 Å². The van der Waals surface area contributed by atoms with Crippen molar-refractivity contribution < 1.29 is 14.3 Å². The van der Waals surface area contributed by atoms with Gasteiger partial charge in [-0.05, 0) is 63.6 Å². The number of amides is 1. The van der Waals surface area contributed by atoms with E-state index in [0.29, 0.717) is 45.9 Å². The summed E-state index contributed by atoms with van der Waals surface area (Å²) < 4.78 is 11.4. The third-order valence-electron chi connectivity index (χ3n) is 4.74. The topological polar surface area (TPSA) is 50.8 Å². The molecule has 31 heavy (non-hydrogen) atoms. The maximum atomic E-state index is 12.3. The summed E-state index contributed by atoms with van der Waals surface area (Å²) in [5.74, 6) is 0.930. The summed E-state index contributed by atoms with van der Waals surface area (Å²) in [6, 6.07) is 11.3. The number of nitrogens with zero attached hydrogens (tertiary/aromatic N) is 1. The van der Waals surface area contributed by atoms with Gasteiger partial charge in [0, 0.05) is 36.5 Å². The Bertz CT molecular complexity index is 906. The van der Waals surface area contributed by atoms with Crippen molar-refractivity contribution in [2.75, 3.05) is 25.6 Å². The monoisotopic (exact) mass is 464 g/mol. The van der Waals surface area contributed by atoms with E-state index in [1.54, 1.807) is 49.6 Å². The summed E-state index contributed by atoms with van der Waals surface area (Å²) in [4.78, 5) is 14.7. The number of carbonyl (C=O) groups excluding carboxylic acids is 1. The number of methoxy groups -OCH3 is 1. The van der Waals surface area contributed by atoms with Crippen LogP contribution in [0.3, 0.4) is 0 Å². The van der Waals surface area contributed by atoms with Crippen molar-refractivity contribution in [2.45, 2.75) is 39.8 Å². The molecule has 168 valence electrons. The summed E-state index contributed by atoms with van der Waals surface area (Å²) in [5.41, 5.74) is 1.40. The molecule has 0 atom stereocenters. The lowest BCUT2D eigenvalue weighted by Gasteiger charge is -2.30. The predicted octanol–water partition coefficient (Wildman–Crippen LogP) is 6.15. The SMILES string of the molecule is COc1ccc(NC(=O)C=Cc2ccc(Cl)c(Cl)c2)cc1OCCN(C(C)C)C(C)C. The van der Waals surface area contributed by atoms with E-state index >= 15 is 0 Å². The van der Waals surface area contributed by atoms with E-state index in [4.69, 9.17) is 32.7 Å². The normalized spacial score (nSPS) is 11.5. The van der Waals surface area contributed by atoms with Crippen LogP contribution in [-0.2, 0) is 4.79 Å². The maximum Gasteiger partial charge on any atom is 0.248 e. The van der Waals surface area contributed by atoms with Gasteiger partial charge in [-0.2, -0.15) is 0 Å². The molecule has 0 aliphatic rings. The number of carbonyl (C=O) groups is 1. The second-order valence-electron chi connectivity index (χ2n) is 7.64. The van der Waals surface area contributed by atoms with Crippen molar-refractivity contribution in [3.63, 3.8) is 0 Å². The number of nitrogens with one attached hydrogen (secondary N) is 1. The number of halogens is 2. The minimum atomic E-state index is -0.270. The Balaban J connectivity index is 2.02. The fourth-order valence-corrected chi connectivity index (χ4v) is 3.52. The lowest BCUT2D eigenvalue weighted by atomic mass is 10.2. The van der Waals surface area contributed by atoms with E-state index in [1.807, 2.05) is 0 Å². The number of ether oxygens (including phenoxy) is 2. The Hall–Kier alpha value is -2.21. The van der Waals surface area contributed by atoms with Crippen molar-refractivity contribution in [1.82, 2.24) is 4.90 Å². The molecule has 0 heterocycles. The first-order valence-corrected chi connectivity index (χ1v) is 11.0. The third-order valence-corrected chi connectivity index (χ3v) is 5.47. The van der Waals surface area contributed by atoms with Crippen molar-refractivity contribution in [3.8, 4) is 11.5 Å². The average molecular weight is 465 g/mol. The lowest BCUT2D eigenvalue weighted by Crippen LogP contribution is -2.39. The molecule has 0 bridgehead atoms. The molecule has 1 amide bonds. The highest BCUT2D eigenvalue weighted by atomic mass is 35.5. The first-order chi connectivity index (χ1) is 14.7. The zero-order chi connectivity index (χ0) is 23.0. The van der Waals surface area contributed by atoms with Crippen LogP contribution in [0.2, 0.25) is 10.0 Å². The van der Waals surface area contributed by atoms with Gasteiger partial charge in [0.25, 0.3) is 0 Å². The lowest BCUT2D eigenvalue weighted by molar-refractivity contribution is -0.111. The average Bonchev–Trinajstić information content (AvgIpc) is 2.71. The van der Waals surface area contributed by atoms with Gasteiger partial charge in [-0.1, -0.05) is 29.3 Å². The van der Waals surface area contributed by atoms with Crippen molar-refractivity contribution >= 4 is 40.9 Å². The molecule has 0 spiro atoms. The number of anilines is 1. The van der Waals surface area contributed by atoms with E-state index < -0.39 is 0 Å². The standard InChI is InChI=1S/C24H30Cl2N2O3/c1-16(2)28(17(3)4)12-13-31-23-15-19(8-10-22(23)30-5)27-24(29)11-7-18-6-9-20(25)21(26)14-18/h6-11,14-17H,12-13H2,1-5H3,(H,27,29). The molecule has 0 saturated carbocycles. The molecule has 5 nitrogen and oxygen atoms in total. The molecule has 1 N–H and O–H groups in total. The molecule has 0 aromatic heterocycles. The van der Waals surface area contributed by atoms with Crippen LogP contribution in [0.15, 0.2) is 42.5 Å². The molecule has 0 radical (unpaired) electrons. The van der Waals surface area contributed by atoms with E-state index in [9.17, 15) is 4.79 Å². The quantitative estimate of drug-likeness (QED) is 0.428. The molecule has 0 fully saturated rings. The Morgan fingerprint density at radius 3 is 2.35 bits per heavy atom. The number of hydrogen-bond acceptors (Lipinski definition) is 4. The zero-order valence-electron chi connectivity index (χ0n) is 18.6. The Morgan fingerprint density at radius 1 is 1.03 bits per heavy atom. The third kappa shape index (κ3) is 7.76. The number of benzene rings is 2. The van der Waals surface area contributed by atoms with Crippen LogP contribution in [0, 0.1) is 0 Å². The van der Waals surface area contributed by atoms with Crippen LogP contribution >= 0.6 is 23.2 Å². The minimum Gasteiger partial charge on any atom is -0.493 e. The minimum absolute atomic E-state index is 0.270. The maximum absolute atomic E-state index is 12.3. The van der Waals surface area contributed by atoms with Crippen LogP contribution in [0.1, 0.15) is 33.3 Å². The fraction of sp³-hybridized carbons (Fsp3) is 0.375. The molecule has 2 aromatic carbocycles. The summed E-state index contributed by atoms with van der Waals surface area (Å²) in [7, 11) is 1.59. The highest BCUT2D eigenvalue weighted by Gasteiger charge is 2.14. The first kappa shape index (κ1) is 25.1. The Morgan fingerprint density at radius 2 is 1.74 bits per heavy atom. The molecule has 0 unspecified atom stereocenters. The second-order valence-corrected chi connectivity index (χ2v) is 8.45. The van der Waals surface area contributed by atoms with Crippen LogP contribution in [0.4, 0.5) is 5.69 Å². The summed E-state index contributed by atoms with van der Waals surface area (Å²) >= 11 is 11.9. The zero-order valence-corrected chi connectivity index (χ0v) is 20.1. The summed E-state index contributed by atoms with van der Waals surface area (Å²) in [5, 5.41) is 3.75. The molecule has 0 aliphatic heterocycles. The van der Waals surface area contributed by atoms with Gasteiger partial charge >= 0.3 is 0 Å². The molecular weight excluding hydrogens is 435 g/mol. The van der Waals surface area contributed by atoms with Crippen LogP contribution in [0.25, 0.3) is 6.08 Å². The van der Waals surface area contributed by atoms with Gasteiger partial charge in [-0.25, -0.2) is 0 Å². The van der Waals surface area contributed by atoms with Crippen molar-refractivity contribution in [3.05, 3.63) is 58.1 Å². The molecule has 0 aliphatic carbocycles. The summed E-state index contributed by atoms with van der Waals surface area (Å²) in [6.45, 7) is 9.98. The molecule has 0 saturated heterocycles. The molecule has 2 aromatic rings.